The average Bonchev–Trinajstić information content (AvgIpc) is 2.60. The normalized spacial score (nSPS) is 12.4. The third-order valence-electron chi connectivity index (χ3n) is 1.63. The summed E-state index contributed by atoms with van der Waals surface area (Å²) in [4.78, 5) is 0.978. The molecule has 0 atom stereocenters. The SMILES string of the molecule is Cc1ccc(S(=O)(=O)NC/C=C/CCl)s1. The van der Waals surface area contributed by atoms with Gasteiger partial charge in [0, 0.05) is 17.3 Å². The fourth-order valence-electron chi connectivity index (χ4n) is 0.932. The Morgan fingerprint density at radius 2 is 2.20 bits per heavy atom. The number of sulfonamides is 1. The first kappa shape index (κ1) is 12.7. The van der Waals surface area contributed by atoms with Crippen LogP contribution in [0, 0.1) is 6.92 Å². The van der Waals surface area contributed by atoms with Gasteiger partial charge in [0.2, 0.25) is 10.0 Å². The molecule has 0 aromatic carbocycles. The van der Waals surface area contributed by atoms with Crippen LogP contribution in [-0.2, 0) is 10.0 Å². The first-order valence-electron chi connectivity index (χ1n) is 4.33. The molecule has 0 radical (unpaired) electrons. The Labute approximate surface area is 98.8 Å². The molecule has 0 aliphatic heterocycles. The summed E-state index contributed by atoms with van der Waals surface area (Å²) in [7, 11) is -3.35. The van der Waals surface area contributed by atoms with Gasteiger partial charge in [-0.3, -0.25) is 0 Å². The van der Waals surface area contributed by atoms with Gasteiger partial charge in [0.05, 0.1) is 0 Å². The highest BCUT2D eigenvalue weighted by Gasteiger charge is 2.14. The van der Waals surface area contributed by atoms with Crippen LogP contribution in [0.5, 0.6) is 0 Å². The number of thiophene rings is 1. The van der Waals surface area contributed by atoms with Crippen molar-refractivity contribution in [3.63, 3.8) is 0 Å². The van der Waals surface area contributed by atoms with Gasteiger partial charge in [0.1, 0.15) is 4.21 Å². The predicted octanol–water partition coefficient (Wildman–Crippen LogP) is 2.13. The Morgan fingerprint density at radius 1 is 1.47 bits per heavy atom. The van der Waals surface area contributed by atoms with E-state index in [1.807, 2.05) is 6.92 Å². The van der Waals surface area contributed by atoms with Crippen LogP contribution in [0.2, 0.25) is 0 Å². The van der Waals surface area contributed by atoms with E-state index in [4.69, 9.17) is 11.6 Å². The lowest BCUT2D eigenvalue weighted by Gasteiger charge is -2.00. The lowest BCUT2D eigenvalue weighted by Crippen LogP contribution is -2.22. The number of aryl methyl sites for hydroxylation is 1. The molecule has 1 aromatic rings. The van der Waals surface area contributed by atoms with Crippen LogP contribution in [-0.4, -0.2) is 20.8 Å². The first-order valence-corrected chi connectivity index (χ1v) is 7.17. The second-order valence-electron chi connectivity index (χ2n) is 2.84. The summed E-state index contributed by atoms with van der Waals surface area (Å²) in [6.07, 6.45) is 3.38. The Hall–Kier alpha value is -0.360. The lowest BCUT2D eigenvalue weighted by molar-refractivity contribution is 0.587. The zero-order valence-electron chi connectivity index (χ0n) is 8.23. The van der Waals surface area contributed by atoms with E-state index in [0.717, 1.165) is 4.88 Å². The minimum Gasteiger partial charge on any atom is -0.207 e. The van der Waals surface area contributed by atoms with Crippen LogP contribution in [0.3, 0.4) is 0 Å². The van der Waals surface area contributed by atoms with Crippen LogP contribution >= 0.6 is 22.9 Å². The highest BCUT2D eigenvalue weighted by Crippen LogP contribution is 2.19. The molecule has 15 heavy (non-hydrogen) atoms. The summed E-state index contributed by atoms with van der Waals surface area (Å²) in [6, 6.07) is 3.39. The summed E-state index contributed by atoms with van der Waals surface area (Å²) in [6.45, 7) is 2.14. The second-order valence-corrected chi connectivity index (χ2v) is 6.43. The minimum atomic E-state index is -3.35. The molecule has 1 heterocycles. The van der Waals surface area contributed by atoms with Gasteiger partial charge in [0.15, 0.2) is 0 Å². The van der Waals surface area contributed by atoms with Crippen molar-refractivity contribution in [2.24, 2.45) is 0 Å². The molecule has 0 amide bonds. The van der Waals surface area contributed by atoms with Gasteiger partial charge in [-0.25, -0.2) is 13.1 Å². The highest BCUT2D eigenvalue weighted by atomic mass is 35.5. The average molecular weight is 266 g/mol. The van der Waals surface area contributed by atoms with Gasteiger partial charge in [-0.15, -0.1) is 22.9 Å². The number of nitrogens with one attached hydrogen (secondary N) is 1. The number of hydrogen-bond donors (Lipinski definition) is 1. The van der Waals surface area contributed by atoms with Crippen LogP contribution in [0.25, 0.3) is 0 Å². The number of allylic oxidation sites excluding steroid dienone is 1. The van der Waals surface area contributed by atoms with Crippen molar-refractivity contribution >= 4 is 33.0 Å². The van der Waals surface area contributed by atoms with Crippen LogP contribution in [0.1, 0.15) is 4.88 Å². The Morgan fingerprint density at radius 3 is 2.73 bits per heavy atom. The van der Waals surface area contributed by atoms with Gasteiger partial charge in [-0.05, 0) is 19.1 Å². The fraction of sp³-hybridized carbons (Fsp3) is 0.333. The predicted molar refractivity (Wildman–Crippen MR) is 64.1 cm³/mol. The molecule has 84 valence electrons. The zero-order chi connectivity index (χ0) is 11.3. The number of hydrogen-bond acceptors (Lipinski definition) is 3. The molecule has 0 spiro atoms. The number of alkyl halides is 1. The molecule has 0 saturated heterocycles. The van der Waals surface area contributed by atoms with Gasteiger partial charge in [-0.2, -0.15) is 0 Å². The Bertz CT molecular complexity index is 437. The molecule has 3 nitrogen and oxygen atoms in total. The molecule has 0 aliphatic carbocycles. The third kappa shape index (κ3) is 3.95. The molecular formula is C9H12ClNO2S2. The Balaban J connectivity index is 2.64. The van der Waals surface area contributed by atoms with E-state index in [0.29, 0.717) is 10.1 Å². The highest BCUT2D eigenvalue weighted by molar-refractivity contribution is 7.91. The molecule has 0 unspecified atom stereocenters. The second kappa shape index (κ2) is 5.65. The summed E-state index contributed by atoms with van der Waals surface area (Å²) >= 11 is 6.67. The summed E-state index contributed by atoms with van der Waals surface area (Å²) in [5.41, 5.74) is 0. The minimum absolute atomic E-state index is 0.270. The van der Waals surface area contributed by atoms with Crippen molar-refractivity contribution in [2.45, 2.75) is 11.1 Å². The van der Waals surface area contributed by atoms with Gasteiger partial charge < -0.3 is 0 Å². The van der Waals surface area contributed by atoms with Crippen molar-refractivity contribution in [2.75, 3.05) is 12.4 Å². The standard InChI is InChI=1S/C9H12ClNO2S2/c1-8-4-5-9(14-8)15(12,13)11-7-3-2-6-10/h2-5,11H,6-7H2,1H3/b3-2+. The van der Waals surface area contributed by atoms with E-state index in [2.05, 4.69) is 4.72 Å². The van der Waals surface area contributed by atoms with Crippen molar-refractivity contribution in [1.29, 1.82) is 0 Å². The fourth-order valence-corrected chi connectivity index (χ4v) is 3.36. The van der Waals surface area contributed by atoms with Crippen LogP contribution in [0.4, 0.5) is 0 Å². The van der Waals surface area contributed by atoms with E-state index in [-0.39, 0.29) is 6.54 Å². The summed E-state index contributed by atoms with van der Waals surface area (Å²) < 4.78 is 26.1. The molecule has 1 rings (SSSR count). The molecule has 1 N–H and O–H groups in total. The monoisotopic (exact) mass is 265 g/mol. The van der Waals surface area contributed by atoms with E-state index in [9.17, 15) is 8.42 Å². The molecule has 0 bridgehead atoms. The van der Waals surface area contributed by atoms with Crippen LogP contribution < -0.4 is 4.72 Å². The summed E-state index contributed by atoms with van der Waals surface area (Å²) in [5, 5.41) is 0. The smallest absolute Gasteiger partial charge is 0.207 e. The first-order chi connectivity index (χ1) is 7.06. The lowest BCUT2D eigenvalue weighted by atomic mass is 10.5. The van der Waals surface area contributed by atoms with Gasteiger partial charge in [-0.1, -0.05) is 12.2 Å². The van der Waals surface area contributed by atoms with Gasteiger partial charge >= 0.3 is 0 Å². The van der Waals surface area contributed by atoms with Crippen LogP contribution in [0.15, 0.2) is 28.5 Å². The van der Waals surface area contributed by atoms with Crippen molar-refractivity contribution in [3.05, 3.63) is 29.2 Å². The molecule has 1 aromatic heterocycles. The van der Waals surface area contributed by atoms with E-state index >= 15 is 0 Å². The van der Waals surface area contributed by atoms with Gasteiger partial charge in [0.25, 0.3) is 0 Å². The van der Waals surface area contributed by atoms with E-state index < -0.39 is 10.0 Å². The van der Waals surface area contributed by atoms with Crippen molar-refractivity contribution in [1.82, 2.24) is 4.72 Å². The molecule has 0 saturated carbocycles. The molecule has 6 heteroatoms. The van der Waals surface area contributed by atoms with E-state index in [1.165, 1.54) is 11.3 Å². The van der Waals surface area contributed by atoms with E-state index in [1.54, 1.807) is 24.3 Å². The summed E-state index contributed by atoms with van der Waals surface area (Å²) in [5.74, 6) is 0.389. The molecule has 0 aliphatic rings. The zero-order valence-corrected chi connectivity index (χ0v) is 10.6. The maximum Gasteiger partial charge on any atom is 0.250 e. The number of rotatable bonds is 5. The topological polar surface area (TPSA) is 46.2 Å². The molecular weight excluding hydrogens is 254 g/mol. The molecule has 0 fully saturated rings. The Kier molecular flexibility index (Phi) is 4.79. The maximum absolute atomic E-state index is 11.6. The quantitative estimate of drug-likeness (QED) is 0.655. The van der Waals surface area contributed by atoms with Crippen molar-refractivity contribution < 1.29 is 8.42 Å². The largest absolute Gasteiger partial charge is 0.250 e. The van der Waals surface area contributed by atoms with Crippen molar-refractivity contribution in [3.8, 4) is 0 Å². The maximum atomic E-state index is 11.6. The number of halogens is 1. The third-order valence-corrected chi connectivity index (χ3v) is 4.72.